The molecule has 1 aliphatic rings. The molecule has 2 heteroatoms. The van der Waals surface area contributed by atoms with Crippen LogP contribution < -0.4 is 5.32 Å². The van der Waals surface area contributed by atoms with E-state index in [1.165, 1.54) is 55.2 Å². The molecule has 1 aromatic rings. The van der Waals surface area contributed by atoms with Crippen LogP contribution in [0.1, 0.15) is 61.3 Å². The molecule has 1 unspecified atom stereocenters. The van der Waals surface area contributed by atoms with Crippen molar-refractivity contribution >= 4 is 0 Å². The first-order valence-corrected chi connectivity index (χ1v) is 7.65. The zero-order valence-electron chi connectivity index (χ0n) is 12.3. The van der Waals surface area contributed by atoms with Crippen molar-refractivity contribution in [2.45, 2.75) is 64.5 Å². The van der Waals surface area contributed by atoms with Gasteiger partial charge in [-0.3, -0.25) is 0 Å². The Hall–Kier alpha value is -0.860. The van der Waals surface area contributed by atoms with Gasteiger partial charge in [-0.05, 0) is 43.4 Å². The van der Waals surface area contributed by atoms with Crippen LogP contribution in [-0.2, 0) is 0 Å². The molecule has 0 saturated heterocycles. The fraction of sp³-hybridized carbons (Fsp3) is 0.647. The molecule has 2 rings (SSSR count). The van der Waals surface area contributed by atoms with Gasteiger partial charge in [-0.15, -0.1) is 0 Å². The summed E-state index contributed by atoms with van der Waals surface area (Å²) in [6, 6.07) is 7.17. The molecule has 2 nitrogen and oxygen atoms in total. The van der Waals surface area contributed by atoms with E-state index in [-0.39, 0.29) is 12.6 Å². The van der Waals surface area contributed by atoms with Gasteiger partial charge in [0.25, 0.3) is 0 Å². The van der Waals surface area contributed by atoms with E-state index < -0.39 is 0 Å². The van der Waals surface area contributed by atoms with Crippen LogP contribution in [0.2, 0.25) is 0 Å². The molecule has 1 saturated carbocycles. The fourth-order valence-electron chi connectivity index (χ4n) is 2.97. The van der Waals surface area contributed by atoms with Gasteiger partial charge in [-0.25, -0.2) is 0 Å². The second kappa shape index (κ2) is 7.06. The van der Waals surface area contributed by atoms with Crippen LogP contribution in [0.3, 0.4) is 0 Å². The molecule has 19 heavy (non-hydrogen) atoms. The van der Waals surface area contributed by atoms with E-state index in [1.54, 1.807) is 0 Å². The molecule has 1 atom stereocenters. The minimum atomic E-state index is 0.0856. The van der Waals surface area contributed by atoms with Gasteiger partial charge >= 0.3 is 0 Å². The number of nitrogens with one attached hydrogen (secondary N) is 1. The molecule has 1 aromatic carbocycles. The lowest BCUT2D eigenvalue weighted by molar-refractivity contribution is 0.228. The molecule has 106 valence electrons. The van der Waals surface area contributed by atoms with Crippen molar-refractivity contribution in [3.8, 4) is 0 Å². The minimum absolute atomic E-state index is 0.0856. The molecule has 0 radical (unpaired) electrons. The zero-order chi connectivity index (χ0) is 13.7. The lowest BCUT2D eigenvalue weighted by Crippen LogP contribution is -2.34. The van der Waals surface area contributed by atoms with Crippen molar-refractivity contribution in [1.82, 2.24) is 5.32 Å². The van der Waals surface area contributed by atoms with Crippen molar-refractivity contribution in [2.75, 3.05) is 6.61 Å². The van der Waals surface area contributed by atoms with E-state index in [4.69, 9.17) is 0 Å². The van der Waals surface area contributed by atoms with Gasteiger partial charge in [0, 0.05) is 6.04 Å². The summed E-state index contributed by atoms with van der Waals surface area (Å²) in [5.74, 6) is 0. The first-order valence-electron chi connectivity index (χ1n) is 7.65. The number of benzene rings is 1. The SMILES string of the molecule is Cc1ccc(C(CO)NC2CCCCCC2)cc1C. The molecular formula is C17H27NO. The zero-order valence-corrected chi connectivity index (χ0v) is 12.3. The highest BCUT2D eigenvalue weighted by Gasteiger charge is 2.18. The van der Waals surface area contributed by atoms with E-state index in [0.29, 0.717) is 6.04 Å². The van der Waals surface area contributed by atoms with Crippen molar-refractivity contribution in [2.24, 2.45) is 0 Å². The summed E-state index contributed by atoms with van der Waals surface area (Å²) >= 11 is 0. The molecule has 1 fully saturated rings. The largest absolute Gasteiger partial charge is 0.394 e. The quantitative estimate of drug-likeness (QED) is 0.811. The highest BCUT2D eigenvalue weighted by molar-refractivity contribution is 5.31. The Kier molecular flexibility index (Phi) is 5.41. The maximum absolute atomic E-state index is 9.68. The Morgan fingerprint density at radius 3 is 2.37 bits per heavy atom. The molecule has 0 spiro atoms. The van der Waals surface area contributed by atoms with Crippen LogP contribution in [0.25, 0.3) is 0 Å². The fourth-order valence-corrected chi connectivity index (χ4v) is 2.97. The van der Waals surface area contributed by atoms with E-state index in [2.05, 4.69) is 37.4 Å². The molecule has 0 aromatic heterocycles. The van der Waals surface area contributed by atoms with Crippen LogP contribution >= 0.6 is 0 Å². The number of aryl methyl sites for hydroxylation is 2. The van der Waals surface area contributed by atoms with Crippen LogP contribution in [0, 0.1) is 13.8 Å². The third-order valence-corrected chi connectivity index (χ3v) is 4.41. The van der Waals surface area contributed by atoms with Crippen molar-refractivity contribution in [1.29, 1.82) is 0 Å². The van der Waals surface area contributed by atoms with E-state index in [0.717, 1.165) is 0 Å². The normalized spacial score (nSPS) is 19.1. The van der Waals surface area contributed by atoms with Gasteiger partial charge in [0.15, 0.2) is 0 Å². The third-order valence-electron chi connectivity index (χ3n) is 4.41. The molecule has 1 aliphatic carbocycles. The van der Waals surface area contributed by atoms with Gasteiger partial charge in [0.1, 0.15) is 0 Å². The lowest BCUT2D eigenvalue weighted by atomic mass is 9.99. The second-order valence-corrected chi connectivity index (χ2v) is 5.93. The molecule has 0 bridgehead atoms. The number of aliphatic hydroxyl groups excluding tert-OH is 1. The first-order chi connectivity index (χ1) is 9.20. The van der Waals surface area contributed by atoms with Crippen LogP contribution in [0.15, 0.2) is 18.2 Å². The van der Waals surface area contributed by atoms with Gasteiger partial charge < -0.3 is 10.4 Å². The average Bonchev–Trinajstić information content (AvgIpc) is 2.68. The summed E-state index contributed by atoms with van der Waals surface area (Å²) < 4.78 is 0. The standard InChI is InChI=1S/C17H27NO/c1-13-9-10-15(11-14(13)2)17(12-19)18-16-7-5-3-4-6-8-16/h9-11,16-19H,3-8,12H2,1-2H3. The van der Waals surface area contributed by atoms with Crippen molar-refractivity contribution in [3.63, 3.8) is 0 Å². The summed E-state index contributed by atoms with van der Waals surface area (Å²) in [5.41, 5.74) is 3.84. The summed E-state index contributed by atoms with van der Waals surface area (Å²) in [4.78, 5) is 0. The highest BCUT2D eigenvalue weighted by atomic mass is 16.3. The van der Waals surface area contributed by atoms with E-state index in [9.17, 15) is 5.11 Å². The minimum Gasteiger partial charge on any atom is -0.394 e. The van der Waals surface area contributed by atoms with Crippen LogP contribution in [0.5, 0.6) is 0 Å². The Balaban J connectivity index is 2.03. The predicted molar refractivity (Wildman–Crippen MR) is 80.4 cm³/mol. The Morgan fingerprint density at radius 2 is 1.79 bits per heavy atom. The number of hydrogen-bond acceptors (Lipinski definition) is 2. The van der Waals surface area contributed by atoms with Gasteiger partial charge in [-0.2, -0.15) is 0 Å². The van der Waals surface area contributed by atoms with Gasteiger partial charge in [-0.1, -0.05) is 43.9 Å². The molecular weight excluding hydrogens is 234 g/mol. The highest BCUT2D eigenvalue weighted by Crippen LogP contribution is 2.22. The maximum Gasteiger partial charge on any atom is 0.0626 e. The number of hydrogen-bond donors (Lipinski definition) is 2. The molecule has 0 amide bonds. The predicted octanol–water partition coefficient (Wildman–Crippen LogP) is 3.65. The molecule has 2 N–H and O–H groups in total. The van der Waals surface area contributed by atoms with E-state index in [1.807, 2.05) is 0 Å². The Morgan fingerprint density at radius 1 is 1.11 bits per heavy atom. The third kappa shape index (κ3) is 4.05. The summed E-state index contributed by atoms with van der Waals surface area (Å²) in [6.45, 7) is 4.45. The second-order valence-electron chi connectivity index (χ2n) is 5.93. The molecule has 0 aliphatic heterocycles. The van der Waals surface area contributed by atoms with Gasteiger partial charge in [0.2, 0.25) is 0 Å². The summed E-state index contributed by atoms with van der Waals surface area (Å²) in [7, 11) is 0. The average molecular weight is 261 g/mol. The molecule has 0 heterocycles. The lowest BCUT2D eigenvalue weighted by Gasteiger charge is -2.24. The monoisotopic (exact) mass is 261 g/mol. The Bertz CT molecular complexity index is 394. The Labute approximate surface area is 117 Å². The van der Waals surface area contributed by atoms with Gasteiger partial charge in [0.05, 0.1) is 12.6 Å². The number of aliphatic hydroxyl groups is 1. The van der Waals surface area contributed by atoms with E-state index >= 15 is 0 Å². The van der Waals surface area contributed by atoms with Crippen molar-refractivity contribution in [3.05, 3.63) is 34.9 Å². The first kappa shape index (κ1) is 14.5. The number of rotatable bonds is 4. The van der Waals surface area contributed by atoms with Crippen LogP contribution in [0.4, 0.5) is 0 Å². The maximum atomic E-state index is 9.68. The topological polar surface area (TPSA) is 32.3 Å². The smallest absolute Gasteiger partial charge is 0.0626 e. The van der Waals surface area contributed by atoms with Crippen molar-refractivity contribution < 1.29 is 5.11 Å². The van der Waals surface area contributed by atoms with Crippen LogP contribution in [-0.4, -0.2) is 17.8 Å². The summed E-state index contributed by atoms with van der Waals surface area (Å²) in [6.07, 6.45) is 7.88. The summed E-state index contributed by atoms with van der Waals surface area (Å²) in [5, 5.41) is 13.3.